The molecule has 0 unspecified atom stereocenters. The van der Waals surface area contributed by atoms with Crippen molar-refractivity contribution in [3.8, 4) is 0 Å². The quantitative estimate of drug-likeness (QED) is 0.112. The predicted molar refractivity (Wildman–Crippen MR) is 185 cm³/mol. The number of unbranched alkanes of at least 4 members (excludes halogenated alkanes) is 9. The summed E-state index contributed by atoms with van der Waals surface area (Å²) in [6, 6.07) is 14.4. The Morgan fingerprint density at radius 3 is 1.31 bits per heavy atom. The van der Waals surface area contributed by atoms with E-state index in [0.717, 1.165) is 49.9 Å². The Balaban J connectivity index is 2.07. The maximum atomic E-state index is 9.53. The highest BCUT2D eigenvalue weighted by molar-refractivity contribution is 6.15. The van der Waals surface area contributed by atoms with Gasteiger partial charge in [-0.05, 0) is 104 Å². The van der Waals surface area contributed by atoms with Gasteiger partial charge in [-0.15, -0.1) is 0 Å². The Labute approximate surface area is 259 Å². The van der Waals surface area contributed by atoms with Gasteiger partial charge < -0.3 is 5.84 Å². The summed E-state index contributed by atoms with van der Waals surface area (Å²) in [7, 11) is 0. The summed E-state index contributed by atoms with van der Waals surface area (Å²) in [5.74, 6) is 9.53. The Hall–Kier alpha value is -2.61. The average Bonchev–Trinajstić information content (AvgIpc) is 3.32. The molecule has 1 heterocycles. The number of nitrogens with one attached hydrogen (secondary N) is 1. The van der Waals surface area contributed by atoms with E-state index in [1.807, 2.05) is 0 Å². The van der Waals surface area contributed by atoms with Crippen LogP contribution in [0.25, 0.3) is 11.5 Å². The molecular formula is C40H60N2. The van der Waals surface area contributed by atoms with Gasteiger partial charge in [-0.3, -0.25) is 0 Å². The van der Waals surface area contributed by atoms with Crippen molar-refractivity contribution in [2.24, 2.45) is 0 Å². The van der Waals surface area contributed by atoms with E-state index >= 15 is 0 Å². The number of nitrogens with zero attached hydrogens (tertiary/aromatic N) is 1. The van der Waals surface area contributed by atoms with Gasteiger partial charge in [0.1, 0.15) is 0 Å². The van der Waals surface area contributed by atoms with Crippen LogP contribution in [-0.2, 0) is 25.7 Å². The Morgan fingerprint density at radius 1 is 0.524 bits per heavy atom. The van der Waals surface area contributed by atoms with Crippen LogP contribution >= 0.6 is 0 Å². The topological polar surface area (TPSA) is 26.8 Å². The van der Waals surface area contributed by atoms with Gasteiger partial charge in [-0.25, -0.2) is 4.68 Å². The van der Waals surface area contributed by atoms with Crippen LogP contribution in [0.15, 0.2) is 54.1 Å². The molecule has 0 bridgehead atoms. The van der Waals surface area contributed by atoms with E-state index in [4.69, 9.17) is 0 Å². The summed E-state index contributed by atoms with van der Waals surface area (Å²) in [5, 5.41) is 0. The van der Waals surface area contributed by atoms with Gasteiger partial charge in [0.25, 0.3) is 0 Å². The molecule has 0 aliphatic carbocycles. The van der Waals surface area contributed by atoms with Crippen LogP contribution in [0.5, 0.6) is 0 Å². The summed E-state index contributed by atoms with van der Waals surface area (Å²) in [6.45, 7) is 11.4. The number of allylic oxidation sites excluding steroid dienone is 3. The Kier molecular flexibility index (Phi) is 15.2. The molecule has 0 fully saturated rings. The third kappa shape index (κ3) is 10.3. The number of hydrogen-bond donors (Lipinski definition) is 0. The normalized spacial score (nSPS) is 14.3. The highest BCUT2D eigenvalue weighted by atomic mass is 15.3. The van der Waals surface area contributed by atoms with Crippen molar-refractivity contribution in [2.75, 3.05) is 0 Å². The minimum atomic E-state index is 1.03. The SMILES string of the molecule is CCCC=C1C=C(c2cc(CCCCC)cc(CCCCC)c2)[N+]([NH-])=C1c1cc(CCCCC)cc(CCCCC)c1. The molecule has 2 aromatic carbocycles. The second kappa shape index (κ2) is 18.8. The summed E-state index contributed by atoms with van der Waals surface area (Å²) < 4.78 is 1.77. The first-order valence-corrected chi connectivity index (χ1v) is 17.6. The third-order valence-corrected chi connectivity index (χ3v) is 8.63. The maximum Gasteiger partial charge on any atom is 0.215 e. The van der Waals surface area contributed by atoms with E-state index in [-0.39, 0.29) is 0 Å². The molecule has 3 rings (SSSR count). The average molecular weight is 569 g/mol. The maximum absolute atomic E-state index is 9.53. The zero-order valence-electron chi connectivity index (χ0n) is 27.8. The fourth-order valence-corrected chi connectivity index (χ4v) is 6.20. The molecule has 2 nitrogen and oxygen atoms in total. The van der Waals surface area contributed by atoms with Crippen molar-refractivity contribution in [3.05, 3.63) is 93.3 Å². The first kappa shape index (κ1) is 33.9. The molecule has 42 heavy (non-hydrogen) atoms. The Bertz CT molecular complexity index is 1140. The van der Waals surface area contributed by atoms with Crippen LogP contribution in [0, 0.1) is 0 Å². The van der Waals surface area contributed by atoms with E-state index in [0.29, 0.717) is 0 Å². The summed E-state index contributed by atoms with van der Waals surface area (Å²) in [4.78, 5) is 0. The minimum Gasteiger partial charge on any atom is -0.448 e. The molecule has 0 radical (unpaired) electrons. The number of benzene rings is 2. The minimum absolute atomic E-state index is 1.03. The summed E-state index contributed by atoms with van der Waals surface area (Å²) in [6.07, 6.45) is 26.4. The molecule has 1 aliphatic rings. The van der Waals surface area contributed by atoms with Crippen molar-refractivity contribution in [2.45, 2.75) is 150 Å². The third-order valence-electron chi connectivity index (χ3n) is 8.63. The van der Waals surface area contributed by atoms with Gasteiger partial charge in [0.05, 0.1) is 0 Å². The van der Waals surface area contributed by atoms with Gasteiger partial charge in [0, 0.05) is 22.8 Å². The van der Waals surface area contributed by atoms with Crippen LogP contribution in [0.1, 0.15) is 158 Å². The molecule has 2 aromatic rings. The fraction of sp³-hybridized carbons (Fsp3) is 0.575. The molecule has 0 aromatic heterocycles. The smallest absolute Gasteiger partial charge is 0.215 e. The standard InChI is InChI=1S/C40H60N2/c1-6-11-16-20-32-25-33(21-17-12-7-2)28-37(27-32)39-31-36(24-15-10-5)40(42(39)41)38-29-34(22-18-13-8-3)26-35(30-38)23-19-14-9-4/h24-31,41H,6-23H2,1-5H3. The lowest BCUT2D eigenvalue weighted by Gasteiger charge is -2.13. The molecule has 230 valence electrons. The molecule has 0 spiro atoms. The van der Waals surface area contributed by atoms with Gasteiger partial charge >= 0.3 is 0 Å². The lowest BCUT2D eigenvalue weighted by atomic mass is 9.93. The van der Waals surface area contributed by atoms with E-state index in [1.165, 1.54) is 116 Å². The van der Waals surface area contributed by atoms with E-state index in [2.05, 4.69) is 83.2 Å². The lowest BCUT2D eigenvalue weighted by molar-refractivity contribution is -0.347. The van der Waals surface area contributed by atoms with Crippen molar-refractivity contribution >= 4 is 11.4 Å². The highest BCUT2D eigenvalue weighted by Gasteiger charge is 2.29. The van der Waals surface area contributed by atoms with Crippen molar-refractivity contribution in [1.82, 2.24) is 0 Å². The number of hydrogen-bond acceptors (Lipinski definition) is 0. The lowest BCUT2D eigenvalue weighted by Crippen LogP contribution is -2.13. The van der Waals surface area contributed by atoms with Gasteiger partial charge in [0.2, 0.25) is 11.4 Å². The summed E-state index contributed by atoms with van der Waals surface area (Å²) >= 11 is 0. The van der Waals surface area contributed by atoms with Gasteiger partial charge in [-0.1, -0.05) is 111 Å². The monoisotopic (exact) mass is 568 g/mol. The Morgan fingerprint density at radius 2 is 0.929 bits per heavy atom. The molecule has 0 saturated heterocycles. The van der Waals surface area contributed by atoms with Crippen molar-refractivity contribution < 1.29 is 4.68 Å². The van der Waals surface area contributed by atoms with Crippen molar-refractivity contribution in [3.63, 3.8) is 0 Å². The van der Waals surface area contributed by atoms with Crippen LogP contribution in [-0.4, -0.2) is 10.4 Å². The molecule has 2 heteroatoms. The molecule has 1 aliphatic heterocycles. The number of rotatable bonds is 20. The second-order valence-electron chi connectivity index (χ2n) is 12.6. The zero-order valence-corrected chi connectivity index (χ0v) is 27.8. The summed E-state index contributed by atoms with van der Waals surface area (Å²) in [5.41, 5.74) is 11.5. The molecule has 0 amide bonds. The molecule has 0 atom stereocenters. The van der Waals surface area contributed by atoms with Crippen LogP contribution in [0.2, 0.25) is 0 Å². The van der Waals surface area contributed by atoms with E-state index in [1.54, 1.807) is 4.68 Å². The van der Waals surface area contributed by atoms with Crippen LogP contribution < -0.4 is 0 Å². The number of aryl methyl sites for hydroxylation is 4. The second-order valence-corrected chi connectivity index (χ2v) is 12.6. The first-order chi connectivity index (χ1) is 20.5. The predicted octanol–water partition coefficient (Wildman–Crippen LogP) is 12.2. The zero-order chi connectivity index (χ0) is 30.2. The van der Waals surface area contributed by atoms with Crippen LogP contribution in [0.3, 0.4) is 0 Å². The highest BCUT2D eigenvalue weighted by Crippen LogP contribution is 2.32. The van der Waals surface area contributed by atoms with Crippen molar-refractivity contribution in [1.29, 1.82) is 0 Å². The molecule has 0 saturated carbocycles. The van der Waals surface area contributed by atoms with Gasteiger partial charge in [0.15, 0.2) is 0 Å². The van der Waals surface area contributed by atoms with E-state index < -0.39 is 0 Å². The molecular weight excluding hydrogens is 508 g/mol. The molecule has 1 N–H and O–H groups in total. The fourth-order valence-electron chi connectivity index (χ4n) is 6.20. The van der Waals surface area contributed by atoms with E-state index in [9.17, 15) is 5.84 Å². The first-order valence-electron chi connectivity index (χ1n) is 17.6. The van der Waals surface area contributed by atoms with Crippen LogP contribution in [0.4, 0.5) is 0 Å². The van der Waals surface area contributed by atoms with Gasteiger partial charge in [-0.2, -0.15) is 0 Å². The largest absolute Gasteiger partial charge is 0.448 e.